The molecule has 3 N–H and O–H groups in total. The normalized spacial score (nSPS) is 16.7. The van der Waals surface area contributed by atoms with Gasteiger partial charge in [0.2, 0.25) is 5.91 Å². The van der Waals surface area contributed by atoms with Crippen LogP contribution in [0.5, 0.6) is 0 Å². The second kappa shape index (κ2) is 12.5. The molecule has 0 radical (unpaired) electrons. The van der Waals surface area contributed by atoms with Crippen LogP contribution in [0, 0.1) is 6.92 Å². The Morgan fingerprint density at radius 1 is 1.09 bits per heavy atom. The predicted molar refractivity (Wildman–Crippen MR) is 166 cm³/mol. The van der Waals surface area contributed by atoms with Crippen LogP contribution >= 0.6 is 11.6 Å². The molecule has 3 heterocycles. The van der Waals surface area contributed by atoms with Crippen molar-refractivity contribution in [2.45, 2.75) is 31.7 Å². The lowest BCUT2D eigenvalue weighted by atomic mass is 9.83. The number of aryl methyl sites for hydroxylation is 1. The van der Waals surface area contributed by atoms with E-state index in [4.69, 9.17) is 21.7 Å². The molecule has 0 bridgehead atoms. The molecule has 1 aliphatic heterocycles. The number of aromatic amines is 1. The molecule has 0 unspecified atom stereocenters. The number of amides is 2. The number of carboxylic acid groups (broad SMARTS) is 1. The highest BCUT2D eigenvalue weighted by molar-refractivity contribution is 6.30. The van der Waals surface area contributed by atoms with Crippen molar-refractivity contribution in [3.8, 4) is 16.9 Å². The van der Waals surface area contributed by atoms with Crippen LogP contribution in [-0.4, -0.2) is 58.7 Å². The van der Waals surface area contributed by atoms with Gasteiger partial charge in [0.25, 0.3) is 0 Å². The van der Waals surface area contributed by atoms with Crippen molar-refractivity contribution < 1.29 is 14.7 Å². The predicted octanol–water partition coefficient (Wildman–Crippen LogP) is 6.26. The van der Waals surface area contributed by atoms with Crippen LogP contribution in [0.4, 0.5) is 10.5 Å². The summed E-state index contributed by atoms with van der Waals surface area (Å²) in [6.07, 6.45) is 5.39. The van der Waals surface area contributed by atoms with Crippen LogP contribution in [0.2, 0.25) is 5.02 Å². The zero-order chi connectivity index (χ0) is 30.6. The number of aromatic nitrogens is 6. The summed E-state index contributed by atoms with van der Waals surface area (Å²) in [7, 11) is 0. The molecule has 1 saturated heterocycles. The van der Waals surface area contributed by atoms with E-state index in [1.54, 1.807) is 42.5 Å². The minimum Gasteiger partial charge on any atom is -0.465 e. The molecule has 0 aliphatic carbocycles. The average Bonchev–Trinajstić information content (AvgIpc) is 3.70. The summed E-state index contributed by atoms with van der Waals surface area (Å²) in [6.45, 7) is 2.51. The fourth-order valence-corrected chi connectivity index (χ4v) is 5.95. The van der Waals surface area contributed by atoms with E-state index in [2.05, 4.69) is 38.0 Å². The van der Waals surface area contributed by atoms with E-state index in [0.29, 0.717) is 34.3 Å². The van der Waals surface area contributed by atoms with Crippen molar-refractivity contribution in [1.29, 1.82) is 0 Å². The smallest absolute Gasteiger partial charge is 0.409 e. The van der Waals surface area contributed by atoms with Crippen molar-refractivity contribution in [2.75, 3.05) is 11.9 Å². The summed E-state index contributed by atoms with van der Waals surface area (Å²) in [4.78, 5) is 35.4. The molecule has 222 valence electrons. The Bertz CT molecular complexity index is 1800. The Labute approximate surface area is 258 Å². The number of nitrogens with zero attached hydrogens (tertiary/aromatic N) is 6. The SMILES string of the molecule is Cc1[nH]c([C@@H]2[C@H](c3ccccc3)CCCN2C(=O)C=Cc2cc(Cl)ccc2-n2cnnn2)nc1-c1ccc(NC(=O)O)cc1. The number of H-pyrrole nitrogens is 1. The lowest BCUT2D eigenvalue weighted by molar-refractivity contribution is -0.130. The Morgan fingerprint density at radius 3 is 2.61 bits per heavy atom. The van der Waals surface area contributed by atoms with Gasteiger partial charge in [-0.1, -0.05) is 54.1 Å². The monoisotopic (exact) mass is 608 g/mol. The third-order valence-corrected chi connectivity index (χ3v) is 7.96. The van der Waals surface area contributed by atoms with Gasteiger partial charge in [-0.3, -0.25) is 10.1 Å². The van der Waals surface area contributed by atoms with Crippen LogP contribution in [0.3, 0.4) is 0 Å². The molecule has 0 spiro atoms. The van der Waals surface area contributed by atoms with Crippen molar-refractivity contribution >= 4 is 35.4 Å². The third kappa shape index (κ3) is 6.09. The summed E-state index contributed by atoms with van der Waals surface area (Å²) < 4.78 is 1.52. The molecule has 1 aliphatic rings. The van der Waals surface area contributed by atoms with E-state index in [1.165, 1.54) is 11.0 Å². The molecular weight excluding hydrogens is 580 g/mol. The number of nitrogens with one attached hydrogen (secondary N) is 2. The number of carbonyl (C=O) groups is 2. The number of rotatable bonds is 7. The van der Waals surface area contributed by atoms with Gasteiger partial charge in [-0.25, -0.2) is 9.78 Å². The summed E-state index contributed by atoms with van der Waals surface area (Å²) in [5, 5.41) is 23.3. The summed E-state index contributed by atoms with van der Waals surface area (Å²) in [6, 6.07) is 22.2. The van der Waals surface area contributed by atoms with Crippen LogP contribution in [0.15, 0.2) is 85.2 Å². The summed E-state index contributed by atoms with van der Waals surface area (Å²) in [5.74, 6) is 0.557. The second-order valence-electron chi connectivity index (χ2n) is 10.5. The van der Waals surface area contributed by atoms with E-state index >= 15 is 0 Å². The Hall–Kier alpha value is -5.29. The molecule has 44 heavy (non-hydrogen) atoms. The maximum Gasteiger partial charge on any atom is 0.409 e. The molecule has 2 atom stereocenters. The number of hydrogen-bond acceptors (Lipinski definition) is 6. The first kappa shape index (κ1) is 28.8. The zero-order valence-electron chi connectivity index (χ0n) is 23.8. The van der Waals surface area contributed by atoms with Crippen LogP contribution in [0.25, 0.3) is 23.0 Å². The van der Waals surface area contributed by atoms with E-state index in [-0.39, 0.29) is 17.9 Å². The standard InChI is InChI=1S/C32H29ClN8O3/c1-20-29(22-9-13-25(14-10-22)36-32(43)44)37-31(35-20)30-26(21-6-3-2-4-7-21)8-5-17-40(30)28(42)16-11-23-18-24(33)12-15-27(23)41-19-34-38-39-41/h2-4,6-7,9-16,18-19,26,30,36H,5,8,17H2,1H3,(H,35,37)(H,43,44)/t26-,30-/m0/s1. The Balaban J connectivity index is 1.35. The Kier molecular flexibility index (Phi) is 8.20. The number of hydrogen-bond donors (Lipinski definition) is 3. The van der Waals surface area contributed by atoms with Crippen LogP contribution in [0.1, 0.15) is 47.4 Å². The minimum absolute atomic E-state index is 0.0193. The number of imidazole rings is 1. The average molecular weight is 609 g/mol. The topological polar surface area (TPSA) is 142 Å². The summed E-state index contributed by atoms with van der Waals surface area (Å²) >= 11 is 6.30. The molecule has 6 rings (SSSR count). The van der Waals surface area contributed by atoms with Gasteiger partial charge < -0.3 is 15.0 Å². The minimum atomic E-state index is -1.12. The maximum absolute atomic E-state index is 14.0. The van der Waals surface area contributed by atoms with E-state index in [1.807, 2.05) is 42.2 Å². The second-order valence-corrected chi connectivity index (χ2v) is 11.0. The molecule has 3 aromatic carbocycles. The first-order chi connectivity index (χ1) is 21.4. The first-order valence-electron chi connectivity index (χ1n) is 14.1. The number of likely N-dealkylation sites (tertiary alicyclic amines) is 1. The van der Waals surface area contributed by atoms with Crippen molar-refractivity contribution in [3.05, 3.63) is 113 Å². The molecule has 11 nitrogen and oxygen atoms in total. The van der Waals surface area contributed by atoms with Gasteiger partial charge in [0.1, 0.15) is 12.2 Å². The van der Waals surface area contributed by atoms with E-state index < -0.39 is 6.09 Å². The lowest BCUT2D eigenvalue weighted by Crippen LogP contribution is -2.41. The largest absolute Gasteiger partial charge is 0.465 e. The van der Waals surface area contributed by atoms with Gasteiger partial charge in [0, 0.05) is 46.1 Å². The zero-order valence-corrected chi connectivity index (χ0v) is 24.5. The van der Waals surface area contributed by atoms with Gasteiger partial charge >= 0.3 is 6.09 Å². The van der Waals surface area contributed by atoms with Gasteiger partial charge in [-0.05, 0) is 72.2 Å². The first-order valence-corrected chi connectivity index (χ1v) is 14.5. The molecular formula is C32H29ClN8O3. The van der Waals surface area contributed by atoms with Gasteiger partial charge in [-0.15, -0.1) is 5.10 Å². The molecule has 0 saturated carbocycles. The fourth-order valence-electron chi connectivity index (χ4n) is 5.77. The van der Waals surface area contributed by atoms with Crippen molar-refractivity contribution in [1.82, 2.24) is 35.1 Å². The molecule has 2 amide bonds. The highest BCUT2D eigenvalue weighted by Gasteiger charge is 2.38. The highest BCUT2D eigenvalue weighted by Crippen LogP contribution is 2.42. The van der Waals surface area contributed by atoms with E-state index in [9.17, 15) is 9.59 Å². The number of carbonyl (C=O) groups excluding carboxylic acids is 1. The number of benzene rings is 3. The third-order valence-electron chi connectivity index (χ3n) is 7.73. The summed E-state index contributed by atoms with van der Waals surface area (Å²) in [5.41, 5.74) is 5.42. The molecule has 2 aromatic heterocycles. The van der Waals surface area contributed by atoms with E-state index in [0.717, 1.165) is 35.4 Å². The number of tetrazole rings is 1. The van der Waals surface area contributed by atoms with Gasteiger partial charge in [0.05, 0.1) is 17.4 Å². The molecule has 5 aromatic rings. The van der Waals surface area contributed by atoms with Gasteiger partial charge in [-0.2, -0.15) is 4.68 Å². The van der Waals surface area contributed by atoms with Crippen LogP contribution < -0.4 is 5.32 Å². The molecule has 1 fully saturated rings. The fraction of sp³-hybridized carbons (Fsp3) is 0.188. The Morgan fingerprint density at radius 2 is 1.89 bits per heavy atom. The number of halogens is 1. The van der Waals surface area contributed by atoms with Crippen molar-refractivity contribution in [3.63, 3.8) is 0 Å². The van der Waals surface area contributed by atoms with Gasteiger partial charge in [0.15, 0.2) is 0 Å². The van der Waals surface area contributed by atoms with Crippen molar-refractivity contribution in [2.24, 2.45) is 0 Å². The number of piperidine rings is 1. The maximum atomic E-state index is 14.0. The quantitative estimate of drug-likeness (QED) is 0.185. The number of anilines is 1. The lowest BCUT2D eigenvalue weighted by Gasteiger charge is -2.40. The van der Waals surface area contributed by atoms with Crippen LogP contribution in [-0.2, 0) is 4.79 Å². The highest BCUT2D eigenvalue weighted by atomic mass is 35.5. The molecule has 12 heteroatoms.